The third-order valence-electron chi connectivity index (χ3n) is 4.49. The summed E-state index contributed by atoms with van der Waals surface area (Å²) < 4.78 is 0. The van der Waals surface area contributed by atoms with Crippen LogP contribution in [0.4, 0.5) is 5.69 Å². The molecule has 1 aromatic rings. The zero-order valence-corrected chi connectivity index (χ0v) is 17.9. The van der Waals surface area contributed by atoms with E-state index in [1.54, 1.807) is 6.92 Å². The van der Waals surface area contributed by atoms with Crippen LogP contribution in [-0.2, 0) is 11.3 Å². The number of allylic oxidation sites excluding steroid dienone is 3. The van der Waals surface area contributed by atoms with E-state index in [-0.39, 0.29) is 5.92 Å². The number of aliphatic imine (C=N–C) groups is 1. The van der Waals surface area contributed by atoms with Crippen LogP contribution in [0.5, 0.6) is 0 Å². The van der Waals surface area contributed by atoms with Crippen LogP contribution in [0, 0.1) is 12.8 Å². The number of hydrogen-bond donors (Lipinski definition) is 2. The van der Waals surface area contributed by atoms with Crippen LogP contribution in [0.3, 0.4) is 0 Å². The van der Waals surface area contributed by atoms with Crippen LogP contribution in [0.1, 0.15) is 52.2 Å². The van der Waals surface area contributed by atoms with E-state index in [1.165, 1.54) is 5.56 Å². The summed E-state index contributed by atoms with van der Waals surface area (Å²) in [4.78, 5) is 16.1. The molecular formula is C23H35N3O. The summed E-state index contributed by atoms with van der Waals surface area (Å²) in [6, 6.07) is 6.92. The van der Waals surface area contributed by atoms with Crippen LogP contribution in [0.15, 0.2) is 46.6 Å². The highest BCUT2D eigenvalue weighted by molar-refractivity contribution is 6.05. The van der Waals surface area contributed by atoms with Gasteiger partial charge in [0.15, 0.2) is 0 Å². The lowest BCUT2D eigenvalue weighted by Crippen LogP contribution is -2.24. The first-order valence-corrected chi connectivity index (χ1v) is 9.75. The predicted molar refractivity (Wildman–Crippen MR) is 117 cm³/mol. The largest absolute Gasteiger partial charge is 0.393 e. The average molecular weight is 370 g/mol. The Balaban J connectivity index is 3.31. The molecule has 0 saturated heterocycles. The third-order valence-corrected chi connectivity index (χ3v) is 4.49. The second kappa shape index (κ2) is 11.5. The Morgan fingerprint density at radius 2 is 1.96 bits per heavy atom. The van der Waals surface area contributed by atoms with Crippen molar-refractivity contribution in [2.45, 2.75) is 60.5 Å². The maximum Gasteiger partial charge on any atom is 0.145 e. The Hall–Kier alpha value is -2.20. The van der Waals surface area contributed by atoms with Gasteiger partial charge in [0.25, 0.3) is 0 Å². The number of carbonyl (C=O) groups is 1. The first-order chi connectivity index (χ1) is 12.8. The molecule has 1 rings (SSSR count). The SMILES string of the molecule is CC[C@@H](C)NCc1ccc(C)c(/N=C(C(/C=C(/C)C=O)=C/NC)\C(C)C)c1. The minimum atomic E-state index is 0.224. The Bertz CT molecular complexity index is 714. The lowest BCUT2D eigenvalue weighted by molar-refractivity contribution is -0.104. The van der Waals surface area contributed by atoms with Gasteiger partial charge in [-0.25, -0.2) is 0 Å². The fraction of sp³-hybridized carbons (Fsp3) is 0.478. The van der Waals surface area contributed by atoms with Crippen LogP contribution >= 0.6 is 0 Å². The number of rotatable bonds is 10. The van der Waals surface area contributed by atoms with Crippen molar-refractivity contribution in [3.05, 3.63) is 52.7 Å². The van der Waals surface area contributed by atoms with Gasteiger partial charge in [-0.05, 0) is 62.0 Å². The Kier molecular flexibility index (Phi) is 9.73. The number of benzene rings is 1. The number of nitrogens with one attached hydrogen (secondary N) is 2. The van der Waals surface area contributed by atoms with Crippen LogP contribution in [0.2, 0.25) is 0 Å². The number of hydrogen-bond acceptors (Lipinski definition) is 4. The molecule has 0 amide bonds. The molecule has 4 nitrogen and oxygen atoms in total. The predicted octanol–water partition coefficient (Wildman–Crippen LogP) is 4.86. The van der Waals surface area contributed by atoms with Crippen LogP contribution in [-0.4, -0.2) is 25.1 Å². The Labute approximate surface area is 164 Å². The highest BCUT2D eigenvalue weighted by Crippen LogP contribution is 2.24. The van der Waals surface area contributed by atoms with E-state index in [0.29, 0.717) is 11.6 Å². The fourth-order valence-corrected chi connectivity index (χ4v) is 2.60. The summed E-state index contributed by atoms with van der Waals surface area (Å²) in [5, 5.41) is 6.60. The van der Waals surface area contributed by atoms with E-state index < -0.39 is 0 Å². The number of carbonyl (C=O) groups excluding carboxylic acids is 1. The van der Waals surface area contributed by atoms with Crippen LogP contribution in [0.25, 0.3) is 0 Å². The van der Waals surface area contributed by atoms with Crippen molar-refractivity contribution in [1.29, 1.82) is 0 Å². The lowest BCUT2D eigenvalue weighted by Gasteiger charge is -2.15. The molecule has 0 saturated carbocycles. The van der Waals surface area contributed by atoms with E-state index in [0.717, 1.165) is 41.8 Å². The molecule has 0 spiro atoms. The molecule has 0 aliphatic heterocycles. The summed E-state index contributed by atoms with van der Waals surface area (Å²) in [5.74, 6) is 0.224. The van der Waals surface area contributed by atoms with Gasteiger partial charge in [-0.1, -0.05) is 32.9 Å². The van der Waals surface area contributed by atoms with Crippen molar-refractivity contribution in [3.63, 3.8) is 0 Å². The van der Waals surface area contributed by atoms with Crippen molar-refractivity contribution in [2.75, 3.05) is 7.05 Å². The van der Waals surface area contributed by atoms with E-state index in [9.17, 15) is 4.79 Å². The van der Waals surface area contributed by atoms with Gasteiger partial charge in [0.2, 0.25) is 0 Å². The molecule has 4 heteroatoms. The lowest BCUT2D eigenvalue weighted by atomic mass is 9.98. The summed E-state index contributed by atoms with van der Waals surface area (Å²) >= 11 is 0. The Morgan fingerprint density at radius 1 is 1.26 bits per heavy atom. The van der Waals surface area contributed by atoms with E-state index in [4.69, 9.17) is 4.99 Å². The van der Waals surface area contributed by atoms with Gasteiger partial charge >= 0.3 is 0 Å². The van der Waals surface area contributed by atoms with Crippen LogP contribution < -0.4 is 10.6 Å². The highest BCUT2D eigenvalue weighted by atomic mass is 16.1. The van der Waals surface area contributed by atoms with Gasteiger partial charge < -0.3 is 10.6 Å². The van der Waals surface area contributed by atoms with Crippen molar-refractivity contribution < 1.29 is 4.79 Å². The normalized spacial score (nSPS) is 14.4. The second-order valence-corrected chi connectivity index (χ2v) is 7.36. The molecule has 2 N–H and O–H groups in total. The molecule has 0 heterocycles. The minimum Gasteiger partial charge on any atom is -0.393 e. The van der Waals surface area contributed by atoms with E-state index in [1.807, 2.05) is 19.3 Å². The van der Waals surface area contributed by atoms with Gasteiger partial charge in [0, 0.05) is 31.4 Å². The molecule has 0 aliphatic rings. The molecule has 0 aliphatic carbocycles. The average Bonchev–Trinajstić information content (AvgIpc) is 2.65. The summed E-state index contributed by atoms with van der Waals surface area (Å²) in [5.41, 5.74) is 5.90. The second-order valence-electron chi connectivity index (χ2n) is 7.36. The molecular weight excluding hydrogens is 334 g/mol. The smallest absolute Gasteiger partial charge is 0.145 e. The Morgan fingerprint density at radius 3 is 2.52 bits per heavy atom. The van der Waals surface area contributed by atoms with Gasteiger partial charge in [0.05, 0.1) is 11.4 Å². The number of nitrogens with zero attached hydrogens (tertiary/aromatic N) is 1. The third kappa shape index (κ3) is 7.51. The number of aldehydes is 1. The minimum absolute atomic E-state index is 0.224. The summed E-state index contributed by atoms with van der Waals surface area (Å²) in [7, 11) is 1.86. The number of aryl methyl sites for hydroxylation is 1. The zero-order valence-electron chi connectivity index (χ0n) is 17.9. The fourth-order valence-electron chi connectivity index (χ4n) is 2.60. The first kappa shape index (κ1) is 22.8. The standard InChI is InChI=1S/C23H35N3O/c1-8-19(6)25-13-20-10-9-18(5)22(12-20)26-23(16(2)3)21(14-24-7)11-17(4)15-27/h9-12,14-16,19,24-25H,8,13H2,1-7H3/b17-11-,21-14+,26-23+/t19-/m1/s1. The molecule has 27 heavy (non-hydrogen) atoms. The summed E-state index contributed by atoms with van der Waals surface area (Å²) in [6.07, 6.45) is 5.75. The molecule has 0 bridgehead atoms. The molecule has 0 unspecified atom stereocenters. The maximum atomic E-state index is 11.1. The van der Waals surface area contributed by atoms with Crippen molar-refractivity contribution in [1.82, 2.24) is 10.6 Å². The molecule has 1 atom stereocenters. The zero-order chi connectivity index (χ0) is 20.4. The molecule has 148 valence electrons. The quantitative estimate of drug-likeness (QED) is 0.268. The monoisotopic (exact) mass is 369 g/mol. The van der Waals surface area contributed by atoms with Crippen molar-refractivity contribution in [2.24, 2.45) is 10.9 Å². The van der Waals surface area contributed by atoms with Gasteiger partial charge in [-0.3, -0.25) is 9.79 Å². The van der Waals surface area contributed by atoms with Crippen molar-refractivity contribution >= 4 is 17.7 Å². The van der Waals surface area contributed by atoms with E-state index >= 15 is 0 Å². The topological polar surface area (TPSA) is 53.5 Å². The molecule has 0 fully saturated rings. The highest BCUT2D eigenvalue weighted by Gasteiger charge is 2.12. The molecule has 0 radical (unpaired) electrons. The maximum absolute atomic E-state index is 11.1. The first-order valence-electron chi connectivity index (χ1n) is 9.75. The van der Waals surface area contributed by atoms with Crippen molar-refractivity contribution in [3.8, 4) is 0 Å². The van der Waals surface area contributed by atoms with Gasteiger partial charge in [-0.2, -0.15) is 0 Å². The van der Waals surface area contributed by atoms with Gasteiger partial charge in [-0.15, -0.1) is 0 Å². The summed E-state index contributed by atoms with van der Waals surface area (Å²) in [6.45, 7) is 13.3. The molecule has 1 aromatic carbocycles. The van der Waals surface area contributed by atoms with Gasteiger partial charge in [0.1, 0.15) is 6.29 Å². The van der Waals surface area contributed by atoms with E-state index in [2.05, 4.69) is 63.5 Å². The molecule has 0 aromatic heterocycles.